The molecule has 0 bridgehead atoms. The zero-order valence-electron chi connectivity index (χ0n) is 5.07. The van der Waals surface area contributed by atoms with Crippen molar-refractivity contribution in [1.29, 1.82) is 0 Å². The topological polar surface area (TPSA) is 87.8 Å². The number of hydrazine groups is 1. The number of amides is 3. The van der Waals surface area contributed by atoms with E-state index in [0.717, 1.165) is 5.12 Å². The van der Waals surface area contributed by atoms with Crippen LogP contribution >= 0.6 is 0 Å². The summed E-state index contributed by atoms with van der Waals surface area (Å²) in [7, 11) is 0. The van der Waals surface area contributed by atoms with Crippen molar-refractivity contribution < 1.29 is 9.59 Å². The number of urea groups is 1. The highest BCUT2D eigenvalue weighted by Gasteiger charge is 2.16. The van der Waals surface area contributed by atoms with Crippen LogP contribution in [0.2, 0.25) is 0 Å². The summed E-state index contributed by atoms with van der Waals surface area (Å²) in [5.41, 5.74) is 6.73. The van der Waals surface area contributed by atoms with Crippen LogP contribution in [0.5, 0.6) is 0 Å². The van der Waals surface area contributed by atoms with Crippen LogP contribution in [0, 0.1) is 0 Å². The largest absolute Gasteiger partial charge is 0.350 e. The first kappa shape index (κ1) is 6.53. The summed E-state index contributed by atoms with van der Waals surface area (Å²) >= 11 is 0. The summed E-state index contributed by atoms with van der Waals surface area (Å²) in [6.45, 7) is 0. The van der Waals surface area contributed by atoms with Gasteiger partial charge in [0.2, 0.25) is 0 Å². The minimum Gasteiger partial charge on any atom is -0.350 e. The molecule has 0 aromatic heterocycles. The Hall–Kier alpha value is -1.59. The summed E-state index contributed by atoms with van der Waals surface area (Å²) in [4.78, 5) is 20.8. The standard InChI is InChI=1S/C4H6N4O2/c5-4(10)7-8-3(9)1-2-6-8/h2H,1H2,(H3,5,7,10). The summed E-state index contributed by atoms with van der Waals surface area (Å²) in [6.07, 6.45) is 1.60. The second kappa shape index (κ2) is 2.34. The number of carbonyl (C=O) groups excluding carboxylic acids is 2. The van der Waals surface area contributed by atoms with Gasteiger partial charge in [-0.15, -0.1) is 5.12 Å². The van der Waals surface area contributed by atoms with Crippen molar-refractivity contribution in [1.82, 2.24) is 10.5 Å². The summed E-state index contributed by atoms with van der Waals surface area (Å²) in [5, 5.41) is 4.31. The molecule has 10 heavy (non-hydrogen) atoms. The van der Waals surface area contributed by atoms with E-state index < -0.39 is 6.03 Å². The molecule has 54 valence electrons. The number of hydrazone groups is 1. The summed E-state index contributed by atoms with van der Waals surface area (Å²) < 4.78 is 0. The predicted octanol–water partition coefficient (Wildman–Crippen LogP) is -1.21. The van der Waals surface area contributed by atoms with E-state index in [2.05, 4.69) is 5.10 Å². The van der Waals surface area contributed by atoms with Gasteiger partial charge in [-0.2, -0.15) is 5.10 Å². The predicted molar refractivity (Wildman–Crippen MR) is 32.7 cm³/mol. The van der Waals surface area contributed by atoms with Gasteiger partial charge in [-0.1, -0.05) is 0 Å². The van der Waals surface area contributed by atoms with Gasteiger partial charge in [0.05, 0.1) is 6.42 Å². The van der Waals surface area contributed by atoms with Gasteiger partial charge in [0, 0.05) is 6.21 Å². The number of hydrogen-bond acceptors (Lipinski definition) is 3. The molecular formula is C4H6N4O2. The quantitative estimate of drug-likeness (QED) is 0.481. The zero-order chi connectivity index (χ0) is 7.56. The zero-order valence-corrected chi connectivity index (χ0v) is 5.07. The second-order valence-corrected chi connectivity index (χ2v) is 1.68. The second-order valence-electron chi connectivity index (χ2n) is 1.68. The fourth-order valence-corrected chi connectivity index (χ4v) is 0.547. The normalized spacial score (nSPS) is 16.0. The molecular weight excluding hydrogens is 136 g/mol. The average molecular weight is 142 g/mol. The van der Waals surface area contributed by atoms with Gasteiger partial charge < -0.3 is 5.73 Å². The summed E-state index contributed by atoms with van der Waals surface area (Å²) in [6, 6.07) is -0.799. The van der Waals surface area contributed by atoms with E-state index in [0.29, 0.717) is 0 Å². The molecule has 0 atom stereocenters. The third kappa shape index (κ3) is 1.22. The lowest BCUT2D eigenvalue weighted by atomic mass is 10.5. The Kier molecular flexibility index (Phi) is 1.53. The van der Waals surface area contributed by atoms with Crippen LogP contribution < -0.4 is 11.2 Å². The molecule has 1 aliphatic rings. The molecule has 0 radical (unpaired) electrons. The Labute approximate surface area is 56.6 Å². The van der Waals surface area contributed by atoms with E-state index in [1.807, 2.05) is 5.43 Å². The first-order chi connectivity index (χ1) is 4.70. The SMILES string of the molecule is NC(=O)NN1N=CCC1=O. The molecule has 0 saturated carbocycles. The van der Waals surface area contributed by atoms with Gasteiger partial charge in [0.15, 0.2) is 0 Å². The van der Waals surface area contributed by atoms with E-state index in [1.165, 1.54) is 6.21 Å². The molecule has 3 N–H and O–H groups in total. The fraction of sp³-hybridized carbons (Fsp3) is 0.250. The van der Waals surface area contributed by atoms with Crippen molar-refractivity contribution in [3.05, 3.63) is 0 Å². The maximum absolute atomic E-state index is 10.6. The van der Waals surface area contributed by atoms with Crippen LogP contribution in [0.3, 0.4) is 0 Å². The molecule has 0 aromatic carbocycles. The van der Waals surface area contributed by atoms with Crippen molar-refractivity contribution in [2.45, 2.75) is 6.42 Å². The van der Waals surface area contributed by atoms with Gasteiger partial charge in [-0.3, -0.25) is 4.79 Å². The van der Waals surface area contributed by atoms with Crippen LogP contribution in [-0.2, 0) is 4.79 Å². The minimum absolute atomic E-state index is 0.209. The van der Waals surface area contributed by atoms with Crippen LogP contribution in [0.1, 0.15) is 6.42 Å². The Bertz CT molecular complexity index is 199. The fourth-order valence-electron chi connectivity index (χ4n) is 0.547. The molecule has 3 amide bonds. The number of primary amides is 1. The third-order valence-corrected chi connectivity index (χ3v) is 0.915. The highest BCUT2D eigenvalue weighted by molar-refractivity contribution is 5.94. The molecule has 0 fully saturated rings. The first-order valence-corrected chi connectivity index (χ1v) is 2.61. The monoisotopic (exact) mass is 142 g/mol. The lowest BCUT2D eigenvalue weighted by molar-refractivity contribution is -0.130. The van der Waals surface area contributed by atoms with E-state index in [1.54, 1.807) is 0 Å². The molecule has 6 nitrogen and oxygen atoms in total. The van der Waals surface area contributed by atoms with E-state index in [9.17, 15) is 9.59 Å². The van der Waals surface area contributed by atoms with Gasteiger partial charge in [-0.25, -0.2) is 10.2 Å². The van der Waals surface area contributed by atoms with Crippen molar-refractivity contribution in [2.75, 3.05) is 0 Å². The van der Waals surface area contributed by atoms with Crippen LogP contribution in [0.4, 0.5) is 4.79 Å². The molecule has 0 saturated heterocycles. The van der Waals surface area contributed by atoms with Gasteiger partial charge in [0.1, 0.15) is 0 Å². The molecule has 0 aromatic rings. The molecule has 1 rings (SSSR count). The van der Waals surface area contributed by atoms with E-state index >= 15 is 0 Å². The first-order valence-electron chi connectivity index (χ1n) is 2.61. The van der Waals surface area contributed by atoms with Crippen LogP contribution in [0.15, 0.2) is 5.10 Å². The van der Waals surface area contributed by atoms with Gasteiger partial charge >= 0.3 is 6.03 Å². The summed E-state index contributed by atoms with van der Waals surface area (Å²) in [5.74, 6) is -0.293. The number of hydrogen-bond donors (Lipinski definition) is 2. The Morgan fingerprint density at radius 1 is 1.90 bits per heavy atom. The van der Waals surface area contributed by atoms with E-state index in [4.69, 9.17) is 5.73 Å². The molecule has 0 unspecified atom stereocenters. The number of nitrogens with one attached hydrogen (secondary N) is 1. The van der Waals surface area contributed by atoms with Crippen LogP contribution in [0.25, 0.3) is 0 Å². The number of rotatable bonds is 1. The molecule has 0 spiro atoms. The molecule has 0 aliphatic carbocycles. The van der Waals surface area contributed by atoms with Crippen LogP contribution in [-0.4, -0.2) is 23.3 Å². The number of carbonyl (C=O) groups is 2. The van der Waals surface area contributed by atoms with Crippen molar-refractivity contribution >= 4 is 18.2 Å². The molecule has 6 heteroatoms. The number of nitrogens with two attached hydrogens (primary N) is 1. The van der Waals surface area contributed by atoms with E-state index in [-0.39, 0.29) is 12.3 Å². The average Bonchev–Trinajstić information content (AvgIpc) is 2.15. The molecule has 1 aliphatic heterocycles. The maximum Gasteiger partial charge on any atom is 0.332 e. The van der Waals surface area contributed by atoms with Crippen molar-refractivity contribution in [3.8, 4) is 0 Å². The van der Waals surface area contributed by atoms with Crippen molar-refractivity contribution in [3.63, 3.8) is 0 Å². The smallest absolute Gasteiger partial charge is 0.332 e. The Morgan fingerprint density at radius 2 is 2.60 bits per heavy atom. The third-order valence-electron chi connectivity index (χ3n) is 0.915. The highest BCUT2D eigenvalue weighted by atomic mass is 16.2. The number of nitrogens with zero attached hydrogens (tertiary/aromatic N) is 2. The minimum atomic E-state index is -0.799. The Balaban J connectivity index is 2.48. The van der Waals surface area contributed by atoms with Gasteiger partial charge in [-0.05, 0) is 0 Å². The maximum atomic E-state index is 10.6. The van der Waals surface area contributed by atoms with Crippen molar-refractivity contribution in [2.24, 2.45) is 10.8 Å². The molecule has 1 heterocycles. The Morgan fingerprint density at radius 3 is 3.00 bits per heavy atom. The van der Waals surface area contributed by atoms with Gasteiger partial charge in [0.25, 0.3) is 5.91 Å². The lowest BCUT2D eigenvalue weighted by Gasteiger charge is -2.09. The highest BCUT2D eigenvalue weighted by Crippen LogP contribution is 1.96. The lowest BCUT2D eigenvalue weighted by Crippen LogP contribution is -2.43.